The molecule has 2 aromatic carbocycles. The first-order chi connectivity index (χ1) is 20.8. The summed E-state index contributed by atoms with van der Waals surface area (Å²) in [5.41, 5.74) is 0.0246. The molecule has 1 amide bonds. The third kappa shape index (κ3) is 6.45. The van der Waals surface area contributed by atoms with Crippen molar-refractivity contribution in [2.75, 3.05) is 24.5 Å². The van der Waals surface area contributed by atoms with Gasteiger partial charge in [-0.1, -0.05) is 31.2 Å². The van der Waals surface area contributed by atoms with Gasteiger partial charge in [0.05, 0.1) is 22.9 Å². The quantitative estimate of drug-likeness (QED) is 0.287. The van der Waals surface area contributed by atoms with Crippen molar-refractivity contribution in [3.8, 4) is 0 Å². The van der Waals surface area contributed by atoms with Crippen LogP contribution >= 0.6 is 0 Å². The van der Waals surface area contributed by atoms with Crippen LogP contribution in [-0.2, 0) is 33.5 Å². The van der Waals surface area contributed by atoms with E-state index in [4.69, 9.17) is 0 Å². The fraction of sp³-hybridized carbons (Fsp3) is 0.321. The first kappa shape index (κ1) is 31.1. The maximum absolute atomic E-state index is 14.0. The van der Waals surface area contributed by atoms with Crippen LogP contribution < -0.4 is 10.2 Å². The number of aromatic nitrogens is 4. The van der Waals surface area contributed by atoms with Crippen LogP contribution in [0.25, 0.3) is 11.2 Å². The highest BCUT2D eigenvalue weighted by Gasteiger charge is 2.41. The molecule has 0 radical (unpaired) electrons. The van der Waals surface area contributed by atoms with Crippen molar-refractivity contribution in [2.24, 2.45) is 0 Å². The molecule has 1 saturated heterocycles. The van der Waals surface area contributed by atoms with E-state index in [1.54, 1.807) is 4.90 Å². The summed E-state index contributed by atoms with van der Waals surface area (Å²) in [6.07, 6.45) is -0.832. The molecule has 1 atom stereocenters. The maximum Gasteiger partial charge on any atom is 0.416 e. The lowest BCUT2D eigenvalue weighted by Crippen LogP contribution is -2.60. The normalized spacial score (nSPS) is 16.7. The first-order valence-corrected chi connectivity index (χ1v) is 14.9. The summed E-state index contributed by atoms with van der Waals surface area (Å²) < 4.78 is 95.5. The van der Waals surface area contributed by atoms with Gasteiger partial charge >= 0.3 is 6.18 Å². The number of anilines is 1. The van der Waals surface area contributed by atoms with E-state index in [1.165, 1.54) is 49.9 Å². The van der Waals surface area contributed by atoms with E-state index >= 15 is 0 Å². The number of sulfonamides is 1. The van der Waals surface area contributed by atoms with E-state index in [0.717, 1.165) is 16.4 Å². The third-order valence-corrected chi connectivity index (χ3v) is 9.17. The molecule has 10 nitrogen and oxygen atoms in total. The molecule has 1 aliphatic heterocycles. The van der Waals surface area contributed by atoms with E-state index in [9.17, 15) is 35.2 Å². The number of nitrogens with zero attached hydrogens (tertiary/aromatic N) is 6. The van der Waals surface area contributed by atoms with Crippen molar-refractivity contribution in [3.63, 3.8) is 0 Å². The lowest BCUT2D eigenvalue weighted by Gasteiger charge is -2.40. The number of fused-ring (bicyclic) bond motifs is 1. The van der Waals surface area contributed by atoms with Crippen LogP contribution in [0.2, 0.25) is 0 Å². The zero-order chi connectivity index (χ0) is 31.7. The second kappa shape index (κ2) is 12.0. The van der Waals surface area contributed by atoms with Gasteiger partial charge in [-0.15, -0.1) is 0 Å². The second-order valence-electron chi connectivity index (χ2n) is 10.0. The Hall–Kier alpha value is -4.31. The van der Waals surface area contributed by atoms with Gasteiger partial charge in [0.25, 0.3) is 5.92 Å². The lowest BCUT2D eigenvalue weighted by molar-refractivity contribution is -0.137. The van der Waals surface area contributed by atoms with E-state index in [0.29, 0.717) is 29.0 Å². The van der Waals surface area contributed by atoms with Crippen LogP contribution in [0.1, 0.15) is 30.0 Å². The summed E-state index contributed by atoms with van der Waals surface area (Å²) in [5.74, 6) is -3.38. The fourth-order valence-electron chi connectivity index (χ4n) is 4.71. The Morgan fingerprint density at radius 1 is 0.955 bits per heavy atom. The highest BCUT2D eigenvalue weighted by Crippen LogP contribution is 2.32. The van der Waals surface area contributed by atoms with Gasteiger partial charge in [0.2, 0.25) is 15.9 Å². The molecule has 232 valence electrons. The Labute approximate surface area is 249 Å². The Bertz CT molecular complexity index is 1750. The number of carbonyl (C=O) groups is 1. The smallest absolute Gasteiger partial charge is 0.352 e. The minimum absolute atomic E-state index is 0.0853. The summed E-state index contributed by atoms with van der Waals surface area (Å²) in [7, 11) is -4.43. The minimum atomic E-state index is -4.66. The van der Waals surface area contributed by atoms with E-state index in [1.807, 2.05) is 0 Å². The molecule has 0 saturated carbocycles. The van der Waals surface area contributed by atoms with E-state index in [2.05, 4.69) is 25.3 Å². The van der Waals surface area contributed by atoms with Gasteiger partial charge in [0.15, 0.2) is 5.65 Å². The van der Waals surface area contributed by atoms with Crippen molar-refractivity contribution >= 4 is 32.9 Å². The number of rotatable bonds is 8. The molecule has 1 fully saturated rings. The van der Waals surface area contributed by atoms with Gasteiger partial charge in [-0.25, -0.2) is 37.1 Å². The molecule has 4 aromatic rings. The summed E-state index contributed by atoms with van der Waals surface area (Å²) in [4.78, 5) is 31.5. The van der Waals surface area contributed by atoms with Crippen molar-refractivity contribution in [1.29, 1.82) is 0 Å². The van der Waals surface area contributed by atoms with Crippen molar-refractivity contribution < 1.29 is 35.2 Å². The van der Waals surface area contributed by atoms with Gasteiger partial charge in [0, 0.05) is 38.2 Å². The Balaban J connectivity index is 1.41. The Kier molecular flexibility index (Phi) is 8.49. The van der Waals surface area contributed by atoms with Gasteiger partial charge < -0.3 is 10.2 Å². The van der Waals surface area contributed by atoms with Crippen molar-refractivity contribution in [2.45, 2.75) is 42.9 Å². The number of piperazine rings is 1. The van der Waals surface area contributed by atoms with Crippen LogP contribution in [-0.4, -0.2) is 64.2 Å². The molecule has 0 unspecified atom stereocenters. The summed E-state index contributed by atoms with van der Waals surface area (Å²) in [6.45, 7) is 0.990. The topological polar surface area (TPSA) is 121 Å². The molecule has 0 spiro atoms. The molecule has 0 aliphatic carbocycles. The number of nitrogens with one attached hydrogen (secondary N) is 1. The SMILES string of the molecule is CCC(F)(F)c1ccc(CNC(=O)[C@H]2CN(c3cnc4cncnc4n3)CCN2S(=O)(=O)c2ccc(C(F)(F)F)cc2)cc1. The molecular weight excluding hydrogens is 609 g/mol. The van der Waals surface area contributed by atoms with Crippen molar-refractivity contribution in [1.82, 2.24) is 29.6 Å². The van der Waals surface area contributed by atoms with E-state index in [-0.39, 0.29) is 43.8 Å². The van der Waals surface area contributed by atoms with Gasteiger partial charge in [-0.3, -0.25) is 4.79 Å². The molecule has 5 rings (SSSR count). The van der Waals surface area contributed by atoms with Crippen LogP contribution in [0.5, 0.6) is 0 Å². The number of benzene rings is 2. The average Bonchev–Trinajstić information content (AvgIpc) is 3.03. The third-order valence-electron chi connectivity index (χ3n) is 7.25. The summed E-state index contributed by atoms with van der Waals surface area (Å²) in [5, 5.41) is 2.66. The molecule has 2 aromatic heterocycles. The highest BCUT2D eigenvalue weighted by atomic mass is 32.2. The van der Waals surface area contributed by atoms with E-state index < -0.39 is 44.5 Å². The largest absolute Gasteiger partial charge is 0.416 e. The number of hydrogen-bond donors (Lipinski definition) is 1. The number of halogens is 5. The maximum atomic E-state index is 14.0. The fourth-order valence-corrected chi connectivity index (χ4v) is 6.28. The summed E-state index contributed by atoms with van der Waals surface area (Å²) in [6, 6.07) is 7.09. The molecule has 16 heteroatoms. The average molecular weight is 636 g/mol. The van der Waals surface area contributed by atoms with Crippen LogP contribution in [0.15, 0.2) is 72.1 Å². The predicted octanol–water partition coefficient (Wildman–Crippen LogP) is 4.14. The van der Waals surface area contributed by atoms with Crippen LogP contribution in [0.4, 0.5) is 27.8 Å². The monoisotopic (exact) mass is 635 g/mol. The molecule has 3 heterocycles. The zero-order valence-corrected chi connectivity index (χ0v) is 24.0. The minimum Gasteiger partial charge on any atom is -0.352 e. The standard InChI is InChI=1S/C28H26F5N7O3S/c1-2-27(29,30)19-5-3-18(4-6-19)13-36-26(41)23-16-39(24-15-35-22-14-34-17-37-25(22)38-24)11-12-40(23)44(42,43)21-9-7-20(8-10-21)28(31,32)33/h3-10,14-15,17,23H,2,11-13,16H2,1H3,(H,36,41)/t23-/m1/s1. The zero-order valence-electron chi connectivity index (χ0n) is 23.2. The van der Waals surface area contributed by atoms with Gasteiger partial charge in [-0.2, -0.15) is 17.5 Å². The first-order valence-electron chi connectivity index (χ1n) is 13.4. The molecule has 1 N–H and O–H groups in total. The Morgan fingerprint density at radius 2 is 1.64 bits per heavy atom. The van der Waals surface area contributed by atoms with Crippen LogP contribution in [0, 0.1) is 0 Å². The number of alkyl halides is 5. The van der Waals surface area contributed by atoms with Crippen molar-refractivity contribution in [3.05, 3.63) is 83.9 Å². The number of carbonyl (C=O) groups excluding carboxylic acids is 1. The molecule has 1 aliphatic rings. The molecule has 0 bridgehead atoms. The second-order valence-corrected chi connectivity index (χ2v) is 11.9. The van der Waals surface area contributed by atoms with Gasteiger partial charge in [0.1, 0.15) is 23.7 Å². The summed E-state index contributed by atoms with van der Waals surface area (Å²) >= 11 is 0. The van der Waals surface area contributed by atoms with Crippen LogP contribution in [0.3, 0.4) is 0 Å². The number of hydrogen-bond acceptors (Lipinski definition) is 8. The number of amides is 1. The lowest BCUT2D eigenvalue weighted by atomic mass is 10.0. The highest BCUT2D eigenvalue weighted by molar-refractivity contribution is 7.89. The Morgan fingerprint density at radius 3 is 2.30 bits per heavy atom. The predicted molar refractivity (Wildman–Crippen MR) is 149 cm³/mol. The van der Waals surface area contributed by atoms with Gasteiger partial charge in [-0.05, 0) is 29.8 Å². The molecule has 44 heavy (non-hydrogen) atoms. The molecular formula is C28H26F5N7O3S.